The summed E-state index contributed by atoms with van der Waals surface area (Å²) >= 11 is 5.81. The Balaban J connectivity index is 1.95. The number of anilines is 1. The van der Waals surface area contributed by atoms with Crippen LogP contribution < -0.4 is 10.6 Å². The van der Waals surface area contributed by atoms with E-state index >= 15 is 0 Å². The van der Waals surface area contributed by atoms with Crippen LogP contribution in [0, 0.1) is 6.92 Å². The summed E-state index contributed by atoms with van der Waals surface area (Å²) in [5.41, 5.74) is 1.21. The molecule has 1 unspecified atom stereocenters. The van der Waals surface area contributed by atoms with Crippen molar-refractivity contribution in [1.82, 2.24) is 5.32 Å². The number of aryl methyl sites for hydroxylation is 1. The van der Waals surface area contributed by atoms with E-state index in [1.807, 2.05) is 0 Å². The number of amides is 2. The van der Waals surface area contributed by atoms with Crippen molar-refractivity contribution >= 4 is 38.9 Å². The molecule has 0 saturated carbocycles. The third-order valence-corrected chi connectivity index (χ3v) is 5.21. The molecule has 0 spiro atoms. The zero-order valence-electron chi connectivity index (χ0n) is 11.3. The Labute approximate surface area is 127 Å². The van der Waals surface area contributed by atoms with Gasteiger partial charge in [-0.2, -0.15) is 0 Å². The lowest BCUT2D eigenvalue weighted by Gasteiger charge is -2.12. The van der Waals surface area contributed by atoms with Gasteiger partial charge in [-0.3, -0.25) is 9.59 Å². The first-order valence-corrected chi connectivity index (χ1v) is 8.55. The monoisotopic (exact) mass is 330 g/mol. The molecule has 1 atom stereocenters. The van der Waals surface area contributed by atoms with Gasteiger partial charge in [0.05, 0.1) is 11.5 Å². The smallest absolute Gasteiger partial charge is 0.313 e. The highest BCUT2D eigenvalue weighted by molar-refractivity contribution is 7.91. The molecule has 1 aliphatic rings. The molecule has 1 aromatic carbocycles. The first-order valence-electron chi connectivity index (χ1n) is 6.35. The number of sulfone groups is 1. The molecule has 1 aromatic rings. The number of hydrogen-bond donors (Lipinski definition) is 2. The minimum absolute atomic E-state index is 0.0376. The van der Waals surface area contributed by atoms with E-state index < -0.39 is 27.7 Å². The van der Waals surface area contributed by atoms with E-state index in [2.05, 4.69) is 10.6 Å². The van der Waals surface area contributed by atoms with Gasteiger partial charge in [-0.25, -0.2) is 8.42 Å². The number of rotatable bonds is 2. The van der Waals surface area contributed by atoms with E-state index in [4.69, 9.17) is 11.6 Å². The Morgan fingerprint density at radius 3 is 2.57 bits per heavy atom. The maximum Gasteiger partial charge on any atom is 0.313 e. The van der Waals surface area contributed by atoms with Crippen molar-refractivity contribution in [3.63, 3.8) is 0 Å². The van der Waals surface area contributed by atoms with Gasteiger partial charge >= 0.3 is 11.8 Å². The highest BCUT2D eigenvalue weighted by Crippen LogP contribution is 2.19. The molecule has 1 saturated heterocycles. The standard InChI is InChI=1S/C13H15ClN2O4S/c1-8-6-9(14)2-3-11(8)16-13(18)12(17)15-10-4-5-21(19,20)7-10/h2-3,6,10H,4-5,7H2,1H3,(H,15,17)(H,16,18). The van der Waals surface area contributed by atoms with E-state index in [9.17, 15) is 18.0 Å². The van der Waals surface area contributed by atoms with Gasteiger partial charge in [0, 0.05) is 16.8 Å². The summed E-state index contributed by atoms with van der Waals surface area (Å²) in [6.45, 7) is 1.75. The van der Waals surface area contributed by atoms with Crippen LogP contribution in [0.1, 0.15) is 12.0 Å². The molecule has 1 aliphatic heterocycles. The van der Waals surface area contributed by atoms with Crippen LogP contribution in [0.5, 0.6) is 0 Å². The molecular formula is C13H15ClN2O4S. The third-order valence-electron chi connectivity index (χ3n) is 3.21. The van der Waals surface area contributed by atoms with E-state index in [-0.39, 0.29) is 11.5 Å². The van der Waals surface area contributed by atoms with E-state index in [0.29, 0.717) is 17.1 Å². The fourth-order valence-electron chi connectivity index (χ4n) is 2.11. The van der Waals surface area contributed by atoms with Crippen molar-refractivity contribution in [2.24, 2.45) is 0 Å². The lowest BCUT2D eigenvalue weighted by molar-refractivity contribution is -0.136. The Morgan fingerprint density at radius 1 is 1.29 bits per heavy atom. The summed E-state index contributed by atoms with van der Waals surface area (Å²) < 4.78 is 22.6. The number of benzene rings is 1. The second-order valence-electron chi connectivity index (χ2n) is 4.99. The van der Waals surface area contributed by atoms with Gasteiger partial charge in [-0.15, -0.1) is 0 Å². The normalized spacial score (nSPS) is 20.0. The van der Waals surface area contributed by atoms with Crippen LogP contribution in [0.25, 0.3) is 0 Å². The second-order valence-corrected chi connectivity index (χ2v) is 7.65. The number of carbonyl (C=O) groups excluding carboxylic acids is 2. The molecule has 2 amide bonds. The Morgan fingerprint density at radius 2 is 2.00 bits per heavy atom. The highest BCUT2D eigenvalue weighted by Gasteiger charge is 2.30. The maximum atomic E-state index is 11.8. The lowest BCUT2D eigenvalue weighted by atomic mass is 10.2. The van der Waals surface area contributed by atoms with Crippen molar-refractivity contribution in [3.05, 3.63) is 28.8 Å². The average molecular weight is 331 g/mol. The minimum atomic E-state index is -3.10. The van der Waals surface area contributed by atoms with Gasteiger partial charge < -0.3 is 10.6 Å². The molecule has 0 radical (unpaired) electrons. The Hall–Kier alpha value is -1.60. The Kier molecular flexibility index (Phi) is 4.53. The third kappa shape index (κ3) is 4.18. The van der Waals surface area contributed by atoms with Crippen LogP contribution in [0.2, 0.25) is 5.02 Å². The topological polar surface area (TPSA) is 92.3 Å². The highest BCUT2D eigenvalue weighted by atomic mass is 35.5. The second kappa shape index (κ2) is 6.03. The van der Waals surface area contributed by atoms with E-state index in [0.717, 1.165) is 5.56 Å². The molecule has 0 aliphatic carbocycles. The molecule has 0 aromatic heterocycles. The summed E-state index contributed by atoms with van der Waals surface area (Å²) in [5, 5.41) is 5.44. The largest absolute Gasteiger partial charge is 0.344 e. The first-order chi connectivity index (χ1) is 9.77. The van der Waals surface area contributed by atoms with E-state index in [1.54, 1.807) is 25.1 Å². The zero-order chi connectivity index (χ0) is 15.6. The van der Waals surface area contributed by atoms with Crippen LogP contribution >= 0.6 is 11.6 Å². The van der Waals surface area contributed by atoms with Gasteiger partial charge in [0.25, 0.3) is 0 Å². The predicted octanol–water partition coefficient (Wildman–Crippen LogP) is 0.890. The summed E-state index contributed by atoms with van der Waals surface area (Å²) in [7, 11) is -3.10. The molecule has 114 valence electrons. The fourth-order valence-corrected chi connectivity index (χ4v) is 4.01. The van der Waals surface area contributed by atoms with E-state index in [1.165, 1.54) is 0 Å². The van der Waals surface area contributed by atoms with Crippen LogP contribution in [0.15, 0.2) is 18.2 Å². The van der Waals surface area contributed by atoms with Crippen molar-refractivity contribution in [1.29, 1.82) is 0 Å². The summed E-state index contributed by atoms with van der Waals surface area (Å²) in [6.07, 6.45) is 0.335. The van der Waals surface area contributed by atoms with Gasteiger partial charge in [0.2, 0.25) is 0 Å². The van der Waals surface area contributed by atoms with Gasteiger partial charge in [0.15, 0.2) is 9.84 Å². The zero-order valence-corrected chi connectivity index (χ0v) is 12.9. The predicted molar refractivity (Wildman–Crippen MR) is 80.0 cm³/mol. The van der Waals surface area contributed by atoms with Crippen LogP contribution in [-0.2, 0) is 19.4 Å². The molecule has 8 heteroatoms. The van der Waals surface area contributed by atoms with Crippen molar-refractivity contribution in [2.45, 2.75) is 19.4 Å². The average Bonchev–Trinajstić information content (AvgIpc) is 2.72. The molecule has 6 nitrogen and oxygen atoms in total. The van der Waals surface area contributed by atoms with Crippen LogP contribution in [-0.4, -0.2) is 37.8 Å². The number of carbonyl (C=O) groups is 2. The molecule has 21 heavy (non-hydrogen) atoms. The lowest BCUT2D eigenvalue weighted by Crippen LogP contribution is -2.42. The maximum absolute atomic E-state index is 11.8. The van der Waals surface area contributed by atoms with Crippen molar-refractivity contribution in [3.8, 4) is 0 Å². The molecule has 0 bridgehead atoms. The Bertz CT molecular complexity index is 687. The molecule has 1 heterocycles. The van der Waals surface area contributed by atoms with Gasteiger partial charge in [0.1, 0.15) is 0 Å². The van der Waals surface area contributed by atoms with Gasteiger partial charge in [-0.1, -0.05) is 11.6 Å². The summed E-state index contributed by atoms with van der Waals surface area (Å²) in [5.74, 6) is -1.75. The molecule has 1 fully saturated rings. The van der Waals surface area contributed by atoms with Crippen molar-refractivity contribution in [2.75, 3.05) is 16.8 Å². The van der Waals surface area contributed by atoms with Crippen LogP contribution in [0.4, 0.5) is 5.69 Å². The molecule has 2 rings (SSSR count). The van der Waals surface area contributed by atoms with Gasteiger partial charge in [-0.05, 0) is 37.1 Å². The quantitative estimate of drug-likeness (QED) is 0.788. The number of hydrogen-bond acceptors (Lipinski definition) is 4. The molecule has 2 N–H and O–H groups in total. The van der Waals surface area contributed by atoms with Crippen LogP contribution in [0.3, 0.4) is 0 Å². The van der Waals surface area contributed by atoms with Crippen molar-refractivity contribution < 1.29 is 18.0 Å². The summed E-state index contributed by atoms with van der Waals surface area (Å²) in [6, 6.07) is 4.37. The minimum Gasteiger partial charge on any atom is -0.344 e. The SMILES string of the molecule is Cc1cc(Cl)ccc1NC(=O)C(=O)NC1CCS(=O)(=O)C1. The number of halogens is 1. The fraction of sp³-hybridized carbons (Fsp3) is 0.385. The summed E-state index contributed by atoms with van der Waals surface area (Å²) in [4.78, 5) is 23.5. The number of nitrogens with one attached hydrogen (secondary N) is 2. The first kappa shape index (κ1) is 15.8. The molecular weight excluding hydrogens is 316 g/mol.